The fourth-order valence-electron chi connectivity index (χ4n) is 3.50. The number of likely N-dealkylation sites (N-methyl/N-ethyl adjacent to an activating group) is 1. The molecule has 2 aliphatic heterocycles. The zero-order valence-electron chi connectivity index (χ0n) is 14.2. The van der Waals surface area contributed by atoms with Crippen molar-refractivity contribution in [3.63, 3.8) is 0 Å². The normalized spacial score (nSPS) is 22.1. The summed E-state index contributed by atoms with van der Waals surface area (Å²) in [7, 11) is 3.82. The van der Waals surface area contributed by atoms with Gasteiger partial charge >= 0.3 is 6.03 Å². The van der Waals surface area contributed by atoms with Gasteiger partial charge in [-0.15, -0.1) is 0 Å². The van der Waals surface area contributed by atoms with E-state index in [9.17, 15) is 4.79 Å². The molecule has 1 unspecified atom stereocenters. The van der Waals surface area contributed by atoms with Crippen molar-refractivity contribution in [1.29, 1.82) is 0 Å². The Morgan fingerprint density at radius 2 is 2.08 bits per heavy atom. The maximum absolute atomic E-state index is 12.1. The molecule has 0 aromatic carbocycles. The first-order chi connectivity index (χ1) is 11.6. The molecule has 0 aliphatic carbocycles. The van der Waals surface area contributed by atoms with Crippen molar-refractivity contribution in [2.45, 2.75) is 19.0 Å². The summed E-state index contributed by atoms with van der Waals surface area (Å²) in [6.07, 6.45) is 8.79. The second-order valence-electron chi connectivity index (χ2n) is 6.74. The molecule has 4 heterocycles. The van der Waals surface area contributed by atoms with Gasteiger partial charge in [-0.1, -0.05) is 0 Å². The number of aromatic nitrogens is 4. The summed E-state index contributed by atoms with van der Waals surface area (Å²) in [6, 6.07) is 0.413. The number of carbonyl (C=O) groups excluding carboxylic acids is 1. The largest absolute Gasteiger partial charge is 0.340 e. The maximum atomic E-state index is 12.1. The van der Waals surface area contributed by atoms with E-state index in [2.05, 4.69) is 21.2 Å². The highest BCUT2D eigenvalue weighted by Gasteiger charge is 2.29. The highest BCUT2D eigenvalue weighted by Crippen LogP contribution is 2.25. The van der Waals surface area contributed by atoms with Gasteiger partial charge in [-0.25, -0.2) is 9.78 Å². The molecule has 2 aliphatic rings. The van der Waals surface area contributed by atoms with Crippen LogP contribution in [0.5, 0.6) is 0 Å². The molecule has 8 heteroatoms. The number of nitrogens with zero attached hydrogens (tertiary/aromatic N) is 7. The Bertz CT molecular complexity index is 736. The number of anilines is 1. The van der Waals surface area contributed by atoms with Crippen molar-refractivity contribution < 1.29 is 4.79 Å². The predicted molar refractivity (Wildman–Crippen MR) is 89.7 cm³/mol. The van der Waals surface area contributed by atoms with Gasteiger partial charge in [0, 0.05) is 59.2 Å². The molecule has 2 saturated heterocycles. The number of likely N-dealkylation sites (tertiary alicyclic amines) is 1. The minimum Gasteiger partial charge on any atom is -0.340 e. The van der Waals surface area contributed by atoms with Crippen molar-refractivity contribution in [3.05, 3.63) is 30.6 Å². The Morgan fingerprint density at radius 1 is 1.21 bits per heavy atom. The lowest BCUT2D eigenvalue weighted by Crippen LogP contribution is -2.28. The van der Waals surface area contributed by atoms with Gasteiger partial charge in [-0.2, -0.15) is 5.10 Å². The van der Waals surface area contributed by atoms with Gasteiger partial charge in [-0.05, 0) is 6.42 Å². The fourth-order valence-corrected chi connectivity index (χ4v) is 3.50. The van der Waals surface area contributed by atoms with Crippen molar-refractivity contribution >= 4 is 11.7 Å². The lowest BCUT2D eigenvalue weighted by Gasteiger charge is -2.15. The number of rotatable bonds is 4. The van der Waals surface area contributed by atoms with E-state index in [4.69, 9.17) is 0 Å². The van der Waals surface area contributed by atoms with E-state index in [1.807, 2.05) is 35.9 Å². The molecule has 0 radical (unpaired) electrons. The van der Waals surface area contributed by atoms with Gasteiger partial charge < -0.3 is 9.47 Å². The average Bonchev–Trinajstić information content (AvgIpc) is 3.31. The summed E-state index contributed by atoms with van der Waals surface area (Å²) in [4.78, 5) is 22.4. The second kappa shape index (κ2) is 5.94. The van der Waals surface area contributed by atoms with Gasteiger partial charge in [0.1, 0.15) is 0 Å². The van der Waals surface area contributed by atoms with E-state index in [-0.39, 0.29) is 6.03 Å². The SMILES string of the molecule is CN1CCN(c2cnn(C3CCN(Cc4cn(C)cn4)C3)c2)C1=O. The van der Waals surface area contributed by atoms with Crippen LogP contribution >= 0.6 is 0 Å². The predicted octanol–water partition coefficient (Wildman–Crippen LogP) is 0.935. The molecule has 2 fully saturated rings. The molecule has 1 atom stereocenters. The standard InChI is InChI=1S/C16H23N7O/c1-19-8-13(17-12-19)9-21-4-3-14(10-21)23-11-15(7-18-23)22-6-5-20(2)16(22)24/h7-8,11-12,14H,3-6,9-10H2,1-2H3. The molecule has 24 heavy (non-hydrogen) atoms. The van der Waals surface area contributed by atoms with Crippen LogP contribution in [0.1, 0.15) is 18.2 Å². The second-order valence-corrected chi connectivity index (χ2v) is 6.74. The molecule has 0 N–H and O–H groups in total. The summed E-state index contributed by atoms with van der Waals surface area (Å²) in [5.41, 5.74) is 2.00. The van der Waals surface area contributed by atoms with Crippen LogP contribution in [0.25, 0.3) is 0 Å². The molecular weight excluding hydrogens is 306 g/mol. The Morgan fingerprint density at radius 3 is 2.79 bits per heavy atom. The lowest BCUT2D eigenvalue weighted by atomic mass is 10.3. The van der Waals surface area contributed by atoms with Crippen LogP contribution in [0.3, 0.4) is 0 Å². The first-order valence-electron chi connectivity index (χ1n) is 8.36. The Hall–Kier alpha value is -2.35. The Kier molecular flexibility index (Phi) is 3.76. The molecule has 2 aromatic heterocycles. The highest BCUT2D eigenvalue weighted by atomic mass is 16.2. The third-order valence-electron chi connectivity index (χ3n) is 4.88. The quantitative estimate of drug-likeness (QED) is 0.837. The van der Waals surface area contributed by atoms with E-state index in [1.165, 1.54) is 0 Å². The minimum atomic E-state index is 0.0535. The number of amides is 2. The molecule has 2 amide bonds. The molecular formula is C16H23N7O. The van der Waals surface area contributed by atoms with E-state index in [1.54, 1.807) is 16.0 Å². The fraction of sp³-hybridized carbons (Fsp3) is 0.562. The molecule has 0 saturated carbocycles. The van der Waals surface area contributed by atoms with Crippen LogP contribution in [-0.2, 0) is 13.6 Å². The number of aryl methyl sites for hydroxylation is 1. The number of hydrogen-bond donors (Lipinski definition) is 0. The summed E-state index contributed by atoms with van der Waals surface area (Å²) < 4.78 is 3.99. The molecule has 0 bridgehead atoms. The van der Waals surface area contributed by atoms with Crippen molar-refractivity contribution in [1.82, 2.24) is 29.1 Å². The molecule has 128 valence electrons. The van der Waals surface area contributed by atoms with Gasteiger partial charge in [0.2, 0.25) is 0 Å². The van der Waals surface area contributed by atoms with E-state index >= 15 is 0 Å². The monoisotopic (exact) mass is 329 g/mol. The average molecular weight is 329 g/mol. The van der Waals surface area contributed by atoms with Crippen LogP contribution < -0.4 is 4.90 Å². The number of carbonyl (C=O) groups is 1. The first-order valence-corrected chi connectivity index (χ1v) is 8.36. The van der Waals surface area contributed by atoms with E-state index < -0.39 is 0 Å². The third-order valence-corrected chi connectivity index (χ3v) is 4.88. The van der Waals surface area contributed by atoms with Gasteiger partial charge in [0.25, 0.3) is 0 Å². The zero-order chi connectivity index (χ0) is 16.7. The summed E-state index contributed by atoms with van der Waals surface area (Å²) in [5.74, 6) is 0. The van der Waals surface area contributed by atoms with E-state index in [0.717, 1.165) is 50.5 Å². The summed E-state index contributed by atoms with van der Waals surface area (Å²) >= 11 is 0. The smallest absolute Gasteiger partial charge is 0.324 e. The topological polar surface area (TPSA) is 62.4 Å². The van der Waals surface area contributed by atoms with Crippen LogP contribution in [0.2, 0.25) is 0 Å². The van der Waals surface area contributed by atoms with E-state index in [0.29, 0.717) is 6.04 Å². The summed E-state index contributed by atoms with van der Waals surface area (Å²) in [6.45, 7) is 4.39. The number of imidazole rings is 1. The summed E-state index contributed by atoms with van der Waals surface area (Å²) in [5, 5.41) is 4.51. The first kappa shape index (κ1) is 15.2. The van der Waals surface area contributed by atoms with Crippen LogP contribution in [0.15, 0.2) is 24.9 Å². The van der Waals surface area contributed by atoms with Crippen molar-refractivity contribution in [3.8, 4) is 0 Å². The highest BCUT2D eigenvalue weighted by molar-refractivity contribution is 5.93. The molecule has 0 spiro atoms. The number of urea groups is 1. The van der Waals surface area contributed by atoms with Crippen LogP contribution in [-0.4, -0.2) is 68.4 Å². The van der Waals surface area contributed by atoms with Gasteiger partial charge in [0.05, 0.1) is 29.9 Å². The molecule has 4 rings (SSSR count). The van der Waals surface area contributed by atoms with Crippen molar-refractivity contribution in [2.24, 2.45) is 7.05 Å². The Labute approximate surface area is 141 Å². The Balaban J connectivity index is 1.40. The van der Waals surface area contributed by atoms with Crippen LogP contribution in [0.4, 0.5) is 10.5 Å². The molecule has 2 aromatic rings. The van der Waals surface area contributed by atoms with Gasteiger partial charge in [0.15, 0.2) is 0 Å². The van der Waals surface area contributed by atoms with Crippen molar-refractivity contribution in [2.75, 3.05) is 38.1 Å². The maximum Gasteiger partial charge on any atom is 0.324 e. The lowest BCUT2D eigenvalue weighted by molar-refractivity contribution is 0.229. The minimum absolute atomic E-state index is 0.0535. The van der Waals surface area contributed by atoms with Crippen LogP contribution in [0, 0.1) is 0 Å². The third kappa shape index (κ3) is 2.77. The molecule has 8 nitrogen and oxygen atoms in total. The number of hydrogen-bond acceptors (Lipinski definition) is 4. The van der Waals surface area contributed by atoms with Gasteiger partial charge in [-0.3, -0.25) is 14.5 Å². The zero-order valence-corrected chi connectivity index (χ0v) is 14.2.